The van der Waals surface area contributed by atoms with Gasteiger partial charge in [0.15, 0.2) is 11.1 Å². The third kappa shape index (κ3) is 4.62. The maximum atomic E-state index is 13.9. The van der Waals surface area contributed by atoms with Crippen LogP contribution in [0.25, 0.3) is 22.8 Å². The van der Waals surface area contributed by atoms with Gasteiger partial charge in [-0.25, -0.2) is 9.78 Å². The van der Waals surface area contributed by atoms with E-state index in [2.05, 4.69) is 10.3 Å². The second kappa shape index (κ2) is 8.62. The van der Waals surface area contributed by atoms with Gasteiger partial charge >= 0.3 is 12.1 Å². The molecule has 0 bridgehead atoms. The van der Waals surface area contributed by atoms with Crippen LogP contribution in [-0.4, -0.2) is 20.6 Å². The number of aromatic nitrogens is 2. The zero-order chi connectivity index (χ0) is 23.6. The number of carboxylic acid groups (broad SMARTS) is 1. The van der Waals surface area contributed by atoms with Crippen molar-refractivity contribution in [3.63, 3.8) is 0 Å². The van der Waals surface area contributed by atoms with E-state index in [0.29, 0.717) is 23.5 Å². The summed E-state index contributed by atoms with van der Waals surface area (Å²) in [7, 11) is 0. The van der Waals surface area contributed by atoms with E-state index in [9.17, 15) is 22.8 Å². The highest BCUT2D eigenvalue weighted by Gasteiger charge is 2.35. The third-order valence-electron chi connectivity index (χ3n) is 4.75. The summed E-state index contributed by atoms with van der Waals surface area (Å²) in [5, 5.41) is 11.3. The standard InChI is InChI=1S/C24H16F3N3O3/c25-24(26,27)18-13-16(11-12-21(32)33)29-23-22(18)19(31)14-20(28-15-7-3-1-4-8-15)30(23)17-9-5-2-6-10-17/h1-14,28H,(H,32,33)/b12-11+. The molecule has 2 aromatic heterocycles. The number of halogens is 3. The number of nitrogens with one attached hydrogen (secondary N) is 1. The van der Waals surface area contributed by atoms with E-state index < -0.39 is 28.5 Å². The van der Waals surface area contributed by atoms with Crippen LogP contribution in [0.3, 0.4) is 0 Å². The fraction of sp³-hybridized carbons (Fsp3) is 0.0417. The fourth-order valence-electron chi connectivity index (χ4n) is 3.40. The number of alkyl halides is 3. The molecular formula is C24H16F3N3O3. The predicted molar refractivity (Wildman–Crippen MR) is 119 cm³/mol. The van der Waals surface area contributed by atoms with Crippen LogP contribution in [0.5, 0.6) is 0 Å². The maximum Gasteiger partial charge on any atom is 0.417 e. The summed E-state index contributed by atoms with van der Waals surface area (Å²) in [5.74, 6) is -1.14. The van der Waals surface area contributed by atoms with Gasteiger partial charge in [0.25, 0.3) is 0 Å². The van der Waals surface area contributed by atoms with E-state index in [1.54, 1.807) is 60.7 Å². The summed E-state index contributed by atoms with van der Waals surface area (Å²) in [6.07, 6.45) is -3.23. The molecule has 0 fully saturated rings. The van der Waals surface area contributed by atoms with Gasteiger partial charge in [0, 0.05) is 23.5 Å². The molecule has 9 heteroatoms. The van der Waals surface area contributed by atoms with Gasteiger partial charge in [0.05, 0.1) is 16.6 Å². The van der Waals surface area contributed by atoms with Crippen molar-refractivity contribution >= 4 is 34.6 Å². The Hall–Kier alpha value is -4.40. The molecule has 6 nitrogen and oxygen atoms in total. The van der Waals surface area contributed by atoms with Crippen LogP contribution in [0.4, 0.5) is 24.7 Å². The van der Waals surface area contributed by atoms with E-state index in [1.165, 1.54) is 4.57 Å². The molecule has 166 valence electrons. The van der Waals surface area contributed by atoms with Gasteiger partial charge in [-0.3, -0.25) is 9.36 Å². The number of nitrogens with zero attached hydrogens (tertiary/aromatic N) is 2. The largest absolute Gasteiger partial charge is 0.478 e. The van der Waals surface area contributed by atoms with Crippen LogP contribution in [0.2, 0.25) is 0 Å². The summed E-state index contributed by atoms with van der Waals surface area (Å²) in [4.78, 5) is 28.1. The second-order valence-corrected chi connectivity index (χ2v) is 7.02. The van der Waals surface area contributed by atoms with Crippen LogP contribution >= 0.6 is 0 Å². The summed E-state index contributed by atoms with van der Waals surface area (Å²) in [6.45, 7) is 0. The molecule has 0 aliphatic carbocycles. The molecule has 2 N–H and O–H groups in total. The van der Waals surface area contributed by atoms with Crippen molar-refractivity contribution in [3.05, 3.63) is 100 Å². The Morgan fingerprint density at radius 1 is 1.00 bits per heavy atom. The summed E-state index contributed by atoms with van der Waals surface area (Å²) < 4.78 is 43.2. The first-order valence-corrected chi connectivity index (χ1v) is 9.70. The molecule has 4 rings (SSSR count). The number of pyridine rings is 2. The summed E-state index contributed by atoms with van der Waals surface area (Å²) in [6, 6.07) is 19.0. The quantitative estimate of drug-likeness (QED) is 0.405. The molecule has 0 atom stereocenters. The lowest BCUT2D eigenvalue weighted by Crippen LogP contribution is -2.19. The molecule has 4 aromatic rings. The molecule has 2 aromatic carbocycles. The number of anilines is 2. The summed E-state index contributed by atoms with van der Waals surface area (Å²) in [5.41, 5.74) is -1.51. The number of hydrogen-bond acceptors (Lipinski definition) is 4. The minimum atomic E-state index is -4.87. The van der Waals surface area contributed by atoms with Gasteiger partial charge in [-0.1, -0.05) is 36.4 Å². The van der Waals surface area contributed by atoms with Crippen LogP contribution in [0.15, 0.2) is 83.7 Å². The number of rotatable bonds is 5. The second-order valence-electron chi connectivity index (χ2n) is 7.02. The van der Waals surface area contributed by atoms with Crippen molar-refractivity contribution in [1.82, 2.24) is 9.55 Å². The van der Waals surface area contributed by atoms with Crippen molar-refractivity contribution < 1.29 is 23.1 Å². The van der Waals surface area contributed by atoms with Crippen molar-refractivity contribution in [2.75, 3.05) is 5.32 Å². The van der Waals surface area contributed by atoms with Crippen molar-refractivity contribution in [2.45, 2.75) is 6.18 Å². The van der Waals surface area contributed by atoms with Gasteiger partial charge in [0.1, 0.15) is 5.82 Å². The number of fused-ring (bicyclic) bond motifs is 1. The SMILES string of the molecule is O=C(O)/C=C/c1cc(C(F)(F)F)c2c(=O)cc(Nc3ccccc3)n(-c3ccccc3)c2n1. The van der Waals surface area contributed by atoms with Crippen molar-refractivity contribution in [1.29, 1.82) is 0 Å². The van der Waals surface area contributed by atoms with E-state index >= 15 is 0 Å². The lowest BCUT2D eigenvalue weighted by atomic mass is 10.1. The summed E-state index contributed by atoms with van der Waals surface area (Å²) >= 11 is 0. The lowest BCUT2D eigenvalue weighted by Gasteiger charge is -2.20. The predicted octanol–water partition coefficient (Wildman–Crippen LogP) is 5.25. The molecule has 0 saturated carbocycles. The first kappa shape index (κ1) is 21.8. The number of hydrogen-bond donors (Lipinski definition) is 2. The first-order valence-electron chi connectivity index (χ1n) is 9.70. The maximum absolute atomic E-state index is 13.9. The first-order chi connectivity index (χ1) is 15.7. The Bertz CT molecular complexity index is 1410. The Balaban J connectivity index is 2.11. The molecule has 0 saturated heterocycles. The van der Waals surface area contributed by atoms with Gasteiger partial charge in [0.2, 0.25) is 0 Å². The Labute approximate surface area is 185 Å². The normalized spacial score (nSPS) is 11.7. The van der Waals surface area contributed by atoms with Crippen LogP contribution in [-0.2, 0) is 11.0 Å². The fourth-order valence-corrected chi connectivity index (χ4v) is 3.40. The number of aliphatic carboxylic acids is 1. The average molecular weight is 451 g/mol. The highest BCUT2D eigenvalue weighted by Crippen LogP contribution is 2.35. The average Bonchev–Trinajstić information content (AvgIpc) is 2.78. The number of carboxylic acids is 1. The molecule has 0 unspecified atom stereocenters. The number of para-hydroxylation sites is 2. The van der Waals surface area contributed by atoms with E-state index in [4.69, 9.17) is 5.11 Å². The van der Waals surface area contributed by atoms with Gasteiger partial charge < -0.3 is 10.4 Å². The monoisotopic (exact) mass is 451 g/mol. The van der Waals surface area contributed by atoms with Crippen LogP contribution in [0.1, 0.15) is 11.3 Å². The number of carbonyl (C=O) groups is 1. The Morgan fingerprint density at radius 2 is 1.64 bits per heavy atom. The highest BCUT2D eigenvalue weighted by molar-refractivity contribution is 5.88. The van der Waals surface area contributed by atoms with E-state index in [-0.39, 0.29) is 17.2 Å². The smallest absolute Gasteiger partial charge is 0.417 e. The molecule has 33 heavy (non-hydrogen) atoms. The van der Waals surface area contributed by atoms with Crippen molar-refractivity contribution in [2.24, 2.45) is 0 Å². The van der Waals surface area contributed by atoms with Crippen molar-refractivity contribution in [3.8, 4) is 5.69 Å². The molecule has 0 aliphatic heterocycles. The van der Waals surface area contributed by atoms with Gasteiger partial charge in [-0.2, -0.15) is 13.2 Å². The number of benzene rings is 2. The molecule has 0 amide bonds. The van der Waals surface area contributed by atoms with Crippen LogP contribution < -0.4 is 10.7 Å². The third-order valence-corrected chi connectivity index (χ3v) is 4.75. The molecule has 0 aliphatic rings. The lowest BCUT2D eigenvalue weighted by molar-refractivity contribution is -0.136. The molecular weight excluding hydrogens is 435 g/mol. The molecule has 0 spiro atoms. The highest BCUT2D eigenvalue weighted by atomic mass is 19.4. The minimum absolute atomic E-state index is 0.199. The molecule has 0 radical (unpaired) electrons. The minimum Gasteiger partial charge on any atom is -0.478 e. The Kier molecular flexibility index (Phi) is 5.70. The van der Waals surface area contributed by atoms with Crippen LogP contribution in [0, 0.1) is 0 Å². The van der Waals surface area contributed by atoms with Gasteiger partial charge in [-0.15, -0.1) is 0 Å². The van der Waals surface area contributed by atoms with E-state index in [0.717, 1.165) is 12.1 Å². The zero-order valence-electron chi connectivity index (χ0n) is 16.9. The van der Waals surface area contributed by atoms with Gasteiger partial charge in [-0.05, 0) is 36.4 Å². The molecule has 2 heterocycles. The Morgan fingerprint density at radius 3 is 2.24 bits per heavy atom. The zero-order valence-corrected chi connectivity index (χ0v) is 16.9. The van der Waals surface area contributed by atoms with E-state index in [1.807, 2.05) is 0 Å². The topological polar surface area (TPSA) is 84.2 Å².